The van der Waals surface area contributed by atoms with E-state index >= 15 is 0 Å². The lowest BCUT2D eigenvalue weighted by molar-refractivity contribution is -0.296. The molecule has 3 aliphatic heterocycles. The Morgan fingerprint density at radius 1 is 1.15 bits per heavy atom. The molecule has 5 heterocycles. The lowest BCUT2D eigenvalue weighted by Crippen LogP contribution is -2.59. The van der Waals surface area contributed by atoms with Crippen LogP contribution in [0, 0.1) is 17.8 Å². The minimum Gasteiger partial charge on any atom is -0.459 e. The van der Waals surface area contributed by atoms with Gasteiger partial charge in [0.25, 0.3) is 0 Å². The Morgan fingerprint density at radius 2 is 1.88 bits per heavy atom. The van der Waals surface area contributed by atoms with Crippen molar-refractivity contribution < 1.29 is 57.6 Å². The average Bonchev–Trinajstić information content (AvgIpc) is 3.83. The maximum absolute atomic E-state index is 14.5. The zero-order valence-electron chi connectivity index (χ0n) is 35.5. The summed E-state index contributed by atoms with van der Waals surface area (Å²) in [7, 11) is 3.72. The average molecular weight is 912 g/mol. The molecule has 3 aliphatic rings. The SMILES string of the molecule is CC[C@@H]1OC(=O)[C@H](C)C(=O)[C@H](C)[C@@H](O[C@@H]2O[C@H](C)C[C@H](N(C)C)[C@H]2O)[C@@]2(C)C[C@@H](C)C(=NC(C)=O)C[C@H](OC/C(=N/OCc3cc(-c4ccc(Br)s4)no3)CO2)[C@]1(C)O. The first kappa shape index (κ1) is 47.1. The van der Waals surface area contributed by atoms with E-state index < -0.39 is 77.3 Å². The van der Waals surface area contributed by atoms with Crippen molar-refractivity contribution in [2.24, 2.45) is 27.9 Å². The molecule has 0 unspecified atom stereocenters. The number of Topliss-reactive ketones (excluding diaryl/α,β-unsaturated/α-hetero) is 1. The number of likely N-dealkylation sites (N-methyl/N-ethyl adjacent to an activating group) is 1. The Bertz CT molecular complexity index is 1850. The minimum absolute atomic E-state index is 0.0340. The highest BCUT2D eigenvalue weighted by molar-refractivity contribution is 9.11. The Kier molecular flexibility index (Phi) is 15.8. The lowest BCUT2D eigenvalue weighted by Gasteiger charge is -2.47. The predicted octanol–water partition coefficient (Wildman–Crippen LogP) is 5.36. The molecule has 2 aromatic rings. The zero-order chi connectivity index (χ0) is 43.4. The topological polar surface area (TPSA) is 201 Å². The first-order valence-electron chi connectivity index (χ1n) is 20.1. The maximum Gasteiger partial charge on any atom is 0.316 e. The molecule has 1 amide bonds. The molecular formula is C41H59BrN4O12S. The number of fused-ring (bicyclic) bond motifs is 5. The van der Waals surface area contributed by atoms with Crippen molar-refractivity contribution in [2.75, 3.05) is 27.3 Å². The third-order valence-corrected chi connectivity index (χ3v) is 13.2. The number of nitrogens with zero attached hydrogens (tertiary/aromatic N) is 4. The summed E-state index contributed by atoms with van der Waals surface area (Å²) >= 11 is 4.97. The third kappa shape index (κ3) is 11.3. The number of hydrogen-bond donors (Lipinski definition) is 2. The zero-order valence-corrected chi connectivity index (χ0v) is 37.9. The molecule has 3 saturated heterocycles. The van der Waals surface area contributed by atoms with Crippen LogP contribution >= 0.6 is 27.3 Å². The van der Waals surface area contributed by atoms with Gasteiger partial charge in [0.1, 0.15) is 35.1 Å². The van der Waals surface area contributed by atoms with Gasteiger partial charge in [0, 0.05) is 37.1 Å². The molecule has 16 nitrogen and oxygen atoms in total. The van der Waals surface area contributed by atoms with Crippen LogP contribution in [0.3, 0.4) is 0 Å². The van der Waals surface area contributed by atoms with Crippen LogP contribution in [0.25, 0.3) is 10.6 Å². The number of amides is 1. The summed E-state index contributed by atoms with van der Waals surface area (Å²) in [4.78, 5) is 53.9. The summed E-state index contributed by atoms with van der Waals surface area (Å²) in [5.41, 5.74) is -1.94. The monoisotopic (exact) mass is 910 g/mol. The van der Waals surface area contributed by atoms with Gasteiger partial charge in [-0.25, -0.2) is 4.99 Å². The van der Waals surface area contributed by atoms with Gasteiger partial charge >= 0.3 is 5.97 Å². The van der Waals surface area contributed by atoms with Crippen molar-refractivity contribution in [3.05, 3.63) is 27.7 Å². The van der Waals surface area contributed by atoms with E-state index in [1.54, 1.807) is 26.8 Å². The van der Waals surface area contributed by atoms with E-state index in [0.29, 0.717) is 23.6 Å². The van der Waals surface area contributed by atoms with Gasteiger partial charge in [-0.3, -0.25) is 14.4 Å². The van der Waals surface area contributed by atoms with E-state index in [1.165, 1.54) is 32.1 Å². The van der Waals surface area contributed by atoms with Crippen molar-refractivity contribution in [1.29, 1.82) is 0 Å². The van der Waals surface area contributed by atoms with Crippen molar-refractivity contribution in [3.8, 4) is 10.6 Å². The van der Waals surface area contributed by atoms with E-state index in [2.05, 4.69) is 31.2 Å². The summed E-state index contributed by atoms with van der Waals surface area (Å²) in [6, 6.07) is 5.27. The Labute approximate surface area is 358 Å². The van der Waals surface area contributed by atoms with Crippen LogP contribution in [0.4, 0.5) is 0 Å². The fourth-order valence-electron chi connectivity index (χ4n) is 8.16. The molecule has 12 atom stereocenters. The number of carbonyl (C=O) groups excluding carboxylic acids is 3. The number of aliphatic hydroxyl groups is 2. The number of aromatic nitrogens is 1. The molecule has 0 spiro atoms. The number of aliphatic imine (C=N–C) groups is 1. The predicted molar refractivity (Wildman–Crippen MR) is 222 cm³/mol. The van der Waals surface area contributed by atoms with E-state index in [1.807, 2.05) is 45.0 Å². The van der Waals surface area contributed by atoms with E-state index in [4.69, 9.17) is 33.0 Å². The number of hydrogen-bond acceptors (Lipinski definition) is 16. The van der Waals surface area contributed by atoms with Gasteiger partial charge in [0.15, 0.2) is 24.4 Å². The Hall–Kier alpha value is -2.94. The molecule has 3 fully saturated rings. The van der Waals surface area contributed by atoms with Crippen LogP contribution in [0.5, 0.6) is 0 Å². The van der Waals surface area contributed by atoms with Gasteiger partial charge in [-0.15, -0.1) is 11.3 Å². The largest absolute Gasteiger partial charge is 0.459 e. The van der Waals surface area contributed by atoms with Crippen molar-refractivity contribution in [3.63, 3.8) is 0 Å². The third-order valence-electron chi connectivity index (χ3n) is 11.6. The molecule has 0 saturated carbocycles. The van der Waals surface area contributed by atoms with Crippen LogP contribution < -0.4 is 0 Å². The number of halogens is 1. The van der Waals surface area contributed by atoms with Gasteiger partial charge in [0.05, 0.1) is 45.8 Å². The smallest absolute Gasteiger partial charge is 0.316 e. The second-order valence-corrected chi connectivity index (χ2v) is 19.1. The molecular weight excluding hydrogens is 852 g/mol. The molecule has 59 heavy (non-hydrogen) atoms. The van der Waals surface area contributed by atoms with Crippen LogP contribution in [0.15, 0.2) is 36.7 Å². The van der Waals surface area contributed by atoms with E-state index in [9.17, 15) is 24.6 Å². The Morgan fingerprint density at radius 3 is 2.53 bits per heavy atom. The van der Waals surface area contributed by atoms with Crippen molar-refractivity contribution in [1.82, 2.24) is 10.1 Å². The number of carbonyl (C=O) groups is 3. The molecule has 2 aromatic heterocycles. The molecule has 328 valence electrons. The number of oxime groups is 1. The van der Waals surface area contributed by atoms with Crippen LogP contribution in [-0.4, -0.2) is 131 Å². The number of ether oxygens (including phenoxy) is 5. The molecule has 2 N–H and O–H groups in total. The summed E-state index contributed by atoms with van der Waals surface area (Å²) in [6.45, 7) is 12.7. The van der Waals surface area contributed by atoms with Gasteiger partial charge in [-0.2, -0.15) is 0 Å². The van der Waals surface area contributed by atoms with Crippen LogP contribution in [0.1, 0.15) is 86.8 Å². The molecule has 0 radical (unpaired) electrons. The van der Waals surface area contributed by atoms with Gasteiger partial charge < -0.3 is 48.2 Å². The van der Waals surface area contributed by atoms with E-state index in [-0.39, 0.29) is 56.9 Å². The molecule has 0 aliphatic carbocycles. The first-order valence-corrected chi connectivity index (χ1v) is 21.7. The number of ketones is 1. The number of rotatable bonds is 8. The highest BCUT2D eigenvalue weighted by Crippen LogP contribution is 2.39. The summed E-state index contributed by atoms with van der Waals surface area (Å²) in [5, 5.41) is 32.4. The number of thiophene rings is 1. The van der Waals surface area contributed by atoms with Crippen LogP contribution in [-0.2, 0) is 49.5 Å². The quantitative estimate of drug-likeness (QED) is 0.195. The standard InChI is InChI=1S/C41H59BrN4O12S/c1-11-32-41(8,51)33-16-28(43-25(6)47)21(2)17-40(7,53-19-26(18-52-33)44-54-20-27-15-29(45-58-27)31-12-13-34(42)59-31)37(23(4)35(48)24(5)38(50)56-32)57-39-36(49)30(46(9)10)14-22(3)55-39/h12-13,15,21-24,30,32-33,36-37,39,49,51H,11,14,16-20H2,1-10H3/b43-28?,44-26-/t21-,22-,23+,24-,30+,32+,33+,36-,37-,39+,40-,41-/m1/s1. The second kappa shape index (κ2) is 19.8. The summed E-state index contributed by atoms with van der Waals surface area (Å²) in [6.07, 6.45) is -5.15. The maximum atomic E-state index is 14.5. The molecule has 2 bridgehead atoms. The number of aliphatic hydroxyl groups excluding tert-OH is 1. The summed E-state index contributed by atoms with van der Waals surface area (Å²) < 4.78 is 38.7. The first-order chi connectivity index (χ1) is 27.7. The van der Waals surface area contributed by atoms with Gasteiger partial charge in [-0.05, 0) is 95.0 Å². The fourth-order valence-corrected chi connectivity index (χ4v) is 9.50. The minimum atomic E-state index is -1.84. The molecule has 18 heteroatoms. The highest BCUT2D eigenvalue weighted by atomic mass is 79.9. The summed E-state index contributed by atoms with van der Waals surface area (Å²) in [5.74, 6) is -4.20. The fraction of sp³-hybridized carbons (Fsp3) is 0.707. The normalized spacial score (nSPS) is 36.8. The molecule has 5 rings (SSSR count). The van der Waals surface area contributed by atoms with Gasteiger partial charge in [-0.1, -0.05) is 31.1 Å². The van der Waals surface area contributed by atoms with E-state index in [0.717, 1.165) is 8.66 Å². The number of esters is 1. The second-order valence-electron chi connectivity index (χ2n) is 16.6. The Balaban J connectivity index is 1.61. The van der Waals surface area contributed by atoms with Crippen LogP contribution in [0.2, 0.25) is 0 Å². The van der Waals surface area contributed by atoms with Crippen molar-refractivity contribution in [2.45, 2.75) is 142 Å². The lowest BCUT2D eigenvalue weighted by atomic mass is 9.76. The highest BCUT2D eigenvalue weighted by Gasteiger charge is 2.51. The molecule has 0 aromatic carbocycles. The van der Waals surface area contributed by atoms with Crippen molar-refractivity contribution >= 4 is 56.3 Å². The van der Waals surface area contributed by atoms with Gasteiger partial charge in [0.2, 0.25) is 5.91 Å². The number of cyclic esters (lactones) is 1.